The molecule has 1 fully saturated rings. The van der Waals surface area contributed by atoms with Crippen LogP contribution >= 0.6 is 15.9 Å². The van der Waals surface area contributed by atoms with Crippen LogP contribution in [0.15, 0.2) is 46.9 Å². The summed E-state index contributed by atoms with van der Waals surface area (Å²) in [4.78, 5) is 12.3. The molecule has 0 radical (unpaired) electrons. The summed E-state index contributed by atoms with van der Waals surface area (Å²) in [6.45, 7) is 3.00. The van der Waals surface area contributed by atoms with Gasteiger partial charge in [0.25, 0.3) is 5.91 Å². The SMILES string of the molecule is CCOc1cc(CNNc2ccccc2)cc(Br)c1OCC(=O)NC1CCCCC1. The van der Waals surface area contributed by atoms with Gasteiger partial charge < -0.3 is 20.2 Å². The maximum atomic E-state index is 12.3. The fourth-order valence-corrected chi connectivity index (χ4v) is 4.15. The van der Waals surface area contributed by atoms with Crippen molar-refractivity contribution in [2.45, 2.75) is 51.6 Å². The van der Waals surface area contributed by atoms with E-state index in [2.05, 4.69) is 32.1 Å². The number of benzene rings is 2. The molecule has 6 nitrogen and oxygen atoms in total. The van der Waals surface area contributed by atoms with Gasteiger partial charge in [-0.1, -0.05) is 37.5 Å². The van der Waals surface area contributed by atoms with Crippen molar-refractivity contribution in [2.24, 2.45) is 0 Å². The maximum absolute atomic E-state index is 12.3. The number of rotatable bonds is 10. The minimum Gasteiger partial charge on any atom is -0.490 e. The topological polar surface area (TPSA) is 71.6 Å². The molecule has 1 amide bonds. The number of amides is 1. The van der Waals surface area contributed by atoms with Crippen molar-refractivity contribution in [3.05, 3.63) is 52.5 Å². The molecule has 7 heteroatoms. The Morgan fingerprint density at radius 1 is 1.10 bits per heavy atom. The second-order valence-corrected chi connectivity index (χ2v) is 8.23. The largest absolute Gasteiger partial charge is 0.490 e. The molecular formula is C23H30BrN3O3. The molecule has 30 heavy (non-hydrogen) atoms. The van der Waals surface area contributed by atoms with Gasteiger partial charge in [-0.2, -0.15) is 0 Å². The van der Waals surface area contributed by atoms with Crippen LogP contribution in [-0.4, -0.2) is 25.2 Å². The summed E-state index contributed by atoms with van der Waals surface area (Å²) in [7, 11) is 0. The van der Waals surface area contributed by atoms with Crippen LogP contribution in [0.1, 0.15) is 44.6 Å². The number of nitrogens with one attached hydrogen (secondary N) is 3. The number of carbonyl (C=O) groups is 1. The Balaban J connectivity index is 1.57. The summed E-state index contributed by atoms with van der Waals surface area (Å²) in [5.41, 5.74) is 8.38. The smallest absolute Gasteiger partial charge is 0.258 e. The van der Waals surface area contributed by atoms with Crippen LogP contribution in [0, 0.1) is 0 Å². The molecule has 0 spiro atoms. The first-order valence-electron chi connectivity index (χ1n) is 10.6. The van der Waals surface area contributed by atoms with E-state index in [4.69, 9.17) is 9.47 Å². The Hall–Kier alpha value is -2.25. The molecule has 3 N–H and O–H groups in total. The predicted molar refractivity (Wildman–Crippen MR) is 123 cm³/mol. The molecule has 0 unspecified atom stereocenters. The standard InChI is InChI=1S/C23H30BrN3O3/c1-2-29-21-14-17(15-25-27-19-11-7-4-8-12-19)13-20(24)23(21)30-16-22(28)26-18-9-5-3-6-10-18/h4,7-8,11-14,18,25,27H,2-3,5-6,9-10,15-16H2,1H3,(H,26,28). The van der Waals surface area contributed by atoms with Gasteiger partial charge in [0, 0.05) is 18.3 Å². The van der Waals surface area contributed by atoms with Crippen LogP contribution in [0.4, 0.5) is 5.69 Å². The Labute approximate surface area is 186 Å². The molecule has 3 rings (SSSR count). The average Bonchev–Trinajstić information content (AvgIpc) is 2.75. The zero-order chi connectivity index (χ0) is 21.2. The van der Waals surface area contributed by atoms with E-state index in [1.54, 1.807) is 0 Å². The van der Waals surface area contributed by atoms with E-state index in [9.17, 15) is 4.79 Å². The summed E-state index contributed by atoms with van der Waals surface area (Å²) < 4.78 is 12.4. The first kappa shape index (κ1) is 22.4. The minimum atomic E-state index is -0.0888. The number of para-hydroxylation sites is 1. The molecule has 0 saturated heterocycles. The van der Waals surface area contributed by atoms with Crippen molar-refractivity contribution < 1.29 is 14.3 Å². The van der Waals surface area contributed by atoms with Crippen molar-refractivity contribution in [2.75, 3.05) is 18.6 Å². The zero-order valence-electron chi connectivity index (χ0n) is 17.4. The number of halogens is 1. The number of ether oxygens (including phenoxy) is 2. The van der Waals surface area contributed by atoms with E-state index in [0.29, 0.717) is 24.7 Å². The lowest BCUT2D eigenvalue weighted by molar-refractivity contribution is -0.124. The van der Waals surface area contributed by atoms with Gasteiger partial charge >= 0.3 is 0 Å². The first-order chi connectivity index (χ1) is 14.7. The maximum Gasteiger partial charge on any atom is 0.258 e. The minimum absolute atomic E-state index is 0.0255. The van der Waals surface area contributed by atoms with E-state index in [1.165, 1.54) is 19.3 Å². The van der Waals surface area contributed by atoms with Gasteiger partial charge in [0.05, 0.1) is 11.1 Å². The Morgan fingerprint density at radius 3 is 2.60 bits per heavy atom. The quantitative estimate of drug-likeness (QED) is 0.430. The van der Waals surface area contributed by atoms with Gasteiger partial charge in [0.2, 0.25) is 0 Å². The van der Waals surface area contributed by atoms with Crippen molar-refractivity contribution in [3.8, 4) is 11.5 Å². The van der Waals surface area contributed by atoms with E-state index < -0.39 is 0 Å². The Bertz CT molecular complexity index is 811. The Kier molecular flexibility index (Phi) is 8.83. The lowest BCUT2D eigenvalue weighted by Crippen LogP contribution is -2.39. The van der Waals surface area contributed by atoms with Crippen LogP contribution in [0.2, 0.25) is 0 Å². The second-order valence-electron chi connectivity index (χ2n) is 7.37. The highest BCUT2D eigenvalue weighted by atomic mass is 79.9. The van der Waals surface area contributed by atoms with E-state index in [-0.39, 0.29) is 18.6 Å². The third kappa shape index (κ3) is 6.92. The number of hydrogen-bond acceptors (Lipinski definition) is 5. The van der Waals surface area contributed by atoms with Crippen molar-refractivity contribution in [1.82, 2.24) is 10.7 Å². The molecular weight excluding hydrogens is 446 g/mol. The highest BCUT2D eigenvalue weighted by molar-refractivity contribution is 9.10. The van der Waals surface area contributed by atoms with Gasteiger partial charge in [-0.05, 0) is 65.5 Å². The van der Waals surface area contributed by atoms with Crippen LogP contribution in [0.25, 0.3) is 0 Å². The van der Waals surface area contributed by atoms with Crippen LogP contribution in [-0.2, 0) is 11.3 Å². The van der Waals surface area contributed by atoms with Gasteiger partial charge in [-0.15, -0.1) is 0 Å². The van der Waals surface area contributed by atoms with Gasteiger partial charge in [-0.3, -0.25) is 4.79 Å². The molecule has 0 aromatic heterocycles. The number of anilines is 1. The lowest BCUT2D eigenvalue weighted by Gasteiger charge is -2.23. The van der Waals surface area contributed by atoms with Gasteiger partial charge in [0.15, 0.2) is 18.1 Å². The molecule has 0 aliphatic heterocycles. The fourth-order valence-electron chi connectivity index (χ4n) is 3.55. The van der Waals surface area contributed by atoms with Crippen molar-refractivity contribution >= 4 is 27.5 Å². The highest BCUT2D eigenvalue weighted by Gasteiger charge is 2.18. The third-order valence-electron chi connectivity index (χ3n) is 4.99. The predicted octanol–water partition coefficient (Wildman–Crippen LogP) is 4.79. The molecule has 2 aromatic rings. The van der Waals surface area contributed by atoms with Crippen molar-refractivity contribution in [1.29, 1.82) is 0 Å². The molecule has 2 aromatic carbocycles. The van der Waals surface area contributed by atoms with Crippen LogP contribution < -0.4 is 25.6 Å². The van der Waals surface area contributed by atoms with Gasteiger partial charge in [0.1, 0.15) is 0 Å². The summed E-state index contributed by atoms with van der Waals surface area (Å²) in [6.07, 6.45) is 5.73. The molecule has 0 bridgehead atoms. The molecule has 1 saturated carbocycles. The molecule has 1 aliphatic rings. The lowest BCUT2D eigenvalue weighted by atomic mass is 9.95. The fraction of sp³-hybridized carbons (Fsp3) is 0.435. The first-order valence-corrected chi connectivity index (χ1v) is 11.4. The molecule has 162 valence electrons. The monoisotopic (exact) mass is 475 g/mol. The molecule has 1 aliphatic carbocycles. The summed E-state index contributed by atoms with van der Waals surface area (Å²) in [6, 6.07) is 14.1. The van der Waals surface area contributed by atoms with E-state index in [1.807, 2.05) is 49.4 Å². The highest BCUT2D eigenvalue weighted by Crippen LogP contribution is 2.37. The van der Waals surface area contributed by atoms with E-state index in [0.717, 1.165) is 28.6 Å². The third-order valence-corrected chi connectivity index (χ3v) is 5.58. The van der Waals surface area contributed by atoms with Crippen molar-refractivity contribution in [3.63, 3.8) is 0 Å². The number of hydrogen-bond donors (Lipinski definition) is 3. The average molecular weight is 476 g/mol. The summed E-state index contributed by atoms with van der Waals surface area (Å²) in [5.74, 6) is 1.08. The van der Waals surface area contributed by atoms with Gasteiger partial charge in [-0.25, -0.2) is 5.43 Å². The normalized spacial score (nSPS) is 14.2. The molecule has 0 heterocycles. The number of hydrazine groups is 1. The summed E-state index contributed by atoms with van der Waals surface area (Å²) in [5, 5.41) is 3.08. The summed E-state index contributed by atoms with van der Waals surface area (Å²) >= 11 is 3.57. The van der Waals surface area contributed by atoms with E-state index >= 15 is 0 Å². The Morgan fingerprint density at radius 2 is 1.87 bits per heavy atom. The number of carbonyl (C=O) groups excluding carboxylic acids is 1. The molecule has 0 atom stereocenters. The van der Waals surface area contributed by atoms with Crippen LogP contribution in [0.5, 0.6) is 11.5 Å². The van der Waals surface area contributed by atoms with Crippen LogP contribution in [0.3, 0.4) is 0 Å². The zero-order valence-corrected chi connectivity index (χ0v) is 19.0. The second kappa shape index (κ2) is 11.8.